The molecule has 0 bridgehead atoms. The van der Waals surface area contributed by atoms with Crippen molar-refractivity contribution in [2.45, 2.75) is 54.6 Å². The Kier molecular flexibility index (Phi) is 7.43. The highest BCUT2D eigenvalue weighted by Crippen LogP contribution is 2.40. The van der Waals surface area contributed by atoms with Crippen LogP contribution in [0.15, 0.2) is 27.8 Å². The first-order valence-electron chi connectivity index (χ1n) is 10.6. The third-order valence-corrected chi connectivity index (χ3v) is 7.56. The number of hydrogen-bond acceptors (Lipinski definition) is 10. The number of aromatic nitrogens is 4. The van der Waals surface area contributed by atoms with E-state index >= 15 is 0 Å². The summed E-state index contributed by atoms with van der Waals surface area (Å²) in [6.45, 7) is 1.69. The summed E-state index contributed by atoms with van der Waals surface area (Å²) in [5.74, 6) is -1.39. The molecule has 3 heterocycles. The lowest BCUT2D eigenvalue weighted by Crippen LogP contribution is -2.27. The minimum Gasteiger partial charge on any atom is -0.412 e. The van der Waals surface area contributed by atoms with Crippen LogP contribution in [-0.2, 0) is 10.9 Å². The standard InChI is InChI=1S/C21H22F4N6O2S2/c1-20(22)5-3-11(4-6-20)34-12-7-13(14(26)10-32-2)16(27-8-12)29-19-28-9-15(35-19)17-30-31-18(33-17)21(23,24)25/h7-9,11,26H,3-6,10H2,1-2H3,(H,27,28,29). The van der Waals surface area contributed by atoms with E-state index in [0.29, 0.717) is 29.4 Å². The Morgan fingerprint density at radius 1 is 1.29 bits per heavy atom. The summed E-state index contributed by atoms with van der Waals surface area (Å²) in [6, 6.07) is 1.83. The number of ether oxygens (including phenoxy) is 1. The Balaban J connectivity index is 1.52. The van der Waals surface area contributed by atoms with Gasteiger partial charge in [0.15, 0.2) is 5.13 Å². The molecule has 3 aromatic rings. The molecule has 0 unspecified atom stereocenters. The van der Waals surface area contributed by atoms with Crippen LogP contribution in [0, 0.1) is 5.41 Å². The molecular weight excluding hydrogens is 508 g/mol. The van der Waals surface area contributed by atoms with Gasteiger partial charge in [-0.1, -0.05) is 11.3 Å². The first-order chi connectivity index (χ1) is 16.5. The zero-order chi connectivity index (χ0) is 25.2. The second kappa shape index (κ2) is 10.2. The highest BCUT2D eigenvalue weighted by atomic mass is 32.2. The number of pyridine rings is 1. The number of hydrogen-bond donors (Lipinski definition) is 2. The number of thiazole rings is 1. The topological polar surface area (TPSA) is 110 Å². The van der Waals surface area contributed by atoms with Crippen molar-refractivity contribution in [1.82, 2.24) is 20.2 Å². The lowest BCUT2D eigenvalue weighted by atomic mass is 9.88. The summed E-state index contributed by atoms with van der Waals surface area (Å²) >= 11 is 2.61. The van der Waals surface area contributed by atoms with Crippen LogP contribution >= 0.6 is 23.1 Å². The molecule has 0 radical (unpaired) electrons. The zero-order valence-electron chi connectivity index (χ0n) is 18.8. The van der Waals surface area contributed by atoms with Gasteiger partial charge in [0.05, 0.1) is 18.5 Å². The predicted molar refractivity (Wildman–Crippen MR) is 124 cm³/mol. The Morgan fingerprint density at radius 2 is 2.03 bits per heavy atom. The summed E-state index contributed by atoms with van der Waals surface area (Å²) in [4.78, 5) is 9.70. The largest absolute Gasteiger partial charge is 0.470 e. The van der Waals surface area contributed by atoms with Gasteiger partial charge in [-0.05, 0) is 38.7 Å². The van der Waals surface area contributed by atoms with Gasteiger partial charge in [0.25, 0.3) is 5.89 Å². The van der Waals surface area contributed by atoms with Crippen molar-refractivity contribution in [3.8, 4) is 10.8 Å². The molecule has 1 aliphatic rings. The van der Waals surface area contributed by atoms with Crippen LogP contribution in [0.3, 0.4) is 0 Å². The molecule has 35 heavy (non-hydrogen) atoms. The molecule has 1 saturated carbocycles. The van der Waals surface area contributed by atoms with Crippen LogP contribution in [0.1, 0.15) is 44.1 Å². The second-order valence-electron chi connectivity index (χ2n) is 8.27. The van der Waals surface area contributed by atoms with Crippen molar-refractivity contribution in [3.05, 3.63) is 29.9 Å². The smallest absolute Gasteiger partial charge is 0.412 e. The Labute approximate surface area is 206 Å². The van der Waals surface area contributed by atoms with E-state index in [2.05, 4.69) is 25.5 Å². The van der Waals surface area contributed by atoms with E-state index < -0.39 is 17.7 Å². The quantitative estimate of drug-likeness (QED) is 0.265. The van der Waals surface area contributed by atoms with E-state index in [4.69, 9.17) is 14.6 Å². The fourth-order valence-corrected chi connectivity index (χ4v) is 5.43. The van der Waals surface area contributed by atoms with Crippen LogP contribution < -0.4 is 5.32 Å². The molecule has 2 N–H and O–H groups in total. The molecule has 0 saturated heterocycles. The number of methoxy groups -OCH3 is 1. The summed E-state index contributed by atoms with van der Waals surface area (Å²) in [7, 11) is 1.48. The minimum absolute atomic E-state index is 0.0550. The van der Waals surface area contributed by atoms with Crippen LogP contribution in [-0.4, -0.2) is 50.5 Å². The molecule has 0 aliphatic heterocycles. The van der Waals surface area contributed by atoms with Crippen LogP contribution in [0.5, 0.6) is 0 Å². The molecule has 1 aliphatic carbocycles. The van der Waals surface area contributed by atoms with Crippen LogP contribution in [0.2, 0.25) is 0 Å². The highest BCUT2D eigenvalue weighted by molar-refractivity contribution is 8.00. The maximum Gasteiger partial charge on any atom is 0.470 e. The lowest BCUT2D eigenvalue weighted by Gasteiger charge is -2.30. The first kappa shape index (κ1) is 25.5. The van der Waals surface area contributed by atoms with E-state index in [9.17, 15) is 17.6 Å². The van der Waals surface area contributed by atoms with E-state index in [0.717, 1.165) is 29.1 Å². The number of anilines is 2. The third kappa shape index (κ3) is 6.35. The van der Waals surface area contributed by atoms with Crippen molar-refractivity contribution in [2.24, 2.45) is 0 Å². The molecule has 0 amide bonds. The van der Waals surface area contributed by atoms with Gasteiger partial charge in [0.1, 0.15) is 16.4 Å². The number of alkyl halides is 4. The van der Waals surface area contributed by atoms with Gasteiger partial charge in [-0.2, -0.15) is 13.2 Å². The normalized spacial score (nSPS) is 20.7. The molecule has 8 nitrogen and oxygen atoms in total. The molecule has 188 valence electrons. The number of halogens is 4. The van der Waals surface area contributed by atoms with E-state index in [-0.39, 0.29) is 28.3 Å². The molecular formula is C21H22F4N6O2S2. The minimum atomic E-state index is -4.74. The SMILES string of the molecule is COCC(=N)c1cc(SC2CCC(C)(F)CC2)cnc1Nc1ncc(-c2nnc(C(F)(F)F)o2)s1. The van der Waals surface area contributed by atoms with Gasteiger partial charge >= 0.3 is 12.1 Å². The number of rotatable bonds is 8. The van der Waals surface area contributed by atoms with E-state index in [1.807, 2.05) is 6.07 Å². The number of thioether (sulfide) groups is 1. The van der Waals surface area contributed by atoms with Gasteiger partial charge in [-0.25, -0.2) is 14.4 Å². The van der Waals surface area contributed by atoms with Gasteiger partial charge < -0.3 is 19.9 Å². The monoisotopic (exact) mass is 530 g/mol. The summed E-state index contributed by atoms with van der Waals surface area (Å²) in [5, 5.41) is 18.4. The maximum atomic E-state index is 14.1. The average Bonchev–Trinajstić information content (AvgIpc) is 3.46. The molecule has 0 atom stereocenters. The van der Waals surface area contributed by atoms with Crippen molar-refractivity contribution in [2.75, 3.05) is 19.0 Å². The molecule has 3 aromatic heterocycles. The Bertz CT molecular complexity index is 1190. The van der Waals surface area contributed by atoms with E-state index in [1.165, 1.54) is 13.3 Å². The molecule has 14 heteroatoms. The fourth-order valence-electron chi connectivity index (χ4n) is 3.53. The zero-order valence-corrected chi connectivity index (χ0v) is 20.4. The van der Waals surface area contributed by atoms with Crippen LogP contribution in [0.4, 0.5) is 28.5 Å². The third-order valence-electron chi connectivity index (χ3n) is 5.36. The summed E-state index contributed by atoms with van der Waals surface area (Å²) in [5.41, 5.74) is -0.429. The van der Waals surface area contributed by atoms with Gasteiger partial charge in [0.2, 0.25) is 0 Å². The molecule has 4 rings (SSSR count). The van der Waals surface area contributed by atoms with Crippen molar-refractivity contribution >= 4 is 39.8 Å². The van der Waals surface area contributed by atoms with Gasteiger partial charge in [-0.3, -0.25) is 0 Å². The van der Waals surface area contributed by atoms with Gasteiger partial charge in [-0.15, -0.1) is 22.0 Å². The molecule has 0 spiro atoms. The van der Waals surface area contributed by atoms with Crippen molar-refractivity contribution < 1.29 is 26.7 Å². The Hall–Kier alpha value is -2.58. The highest BCUT2D eigenvalue weighted by Gasteiger charge is 2.38. The molecule has 1 fully saturated rings. The second-order valence-corrected chi connectivity index (χ2v) is 10.7. The predicted octanol–water partition coefficient (Wildman–Crippen LogP) is 6.13. The summed E-state index contributed by atoms with van der Waals surface area (Å²) < 4.78 is 62.1. The average molecular weight is 531 g/mol. The van der Waals surface area contributed by atoms with Crippen molar-refractivity contribution in [3.63, 3.8) is 0 Å². The first-order valence-corrected chi connectivity index (χ1v) is 12.3. The molecule has 0 aromatic carbocycles. The number of nitrogens with one attached hydrogen (secondary N) is 2. The fraction of sp³-hybridized carbons (Fsp3) is 0.476. The number of nitrogens with zero attached hydrogens (tertiary/aromatic N) is 4. The van der Waals surface area contributed by atoms with Gasteiger partial charge in [0, 0.05) is 29.0 Å². The summed E-state index contributed by atoms with van der Waals surface area (Å²) in [6.07, 6.45) is 0.795. The Morgan fingerprint density at radius 3 is 2.69 bits per heavy atom. The van der Waals surface area contributed by atoms with Crippen LogP contribution in [0.25, 0.3) is 10.8 Å². The lowest BCUT2D eigenvalue weighted by molar-refractivity contribution is -0.156. The maximum absolute atomic E-state index is 14.1. The van der Waals surface area contributed by atoms with Crippen molar-refractivity contribution in [1.29, 1.82) is 5.41 Å². The van der Waals surface area contributed by atoms with E-state index in [1.54, 1.807) is 24.9 Å².